The molecule has 0 saturated heterocycles. The second kappa shape index (κ2) is 6.05. The fourth-order valence-corrected chi connectivity index (χ4v) is 1.52. The molecule has 0 aliphatic rings. The Morgan fingerprint density at radius 2 is 2.05 bits per heavy atom. The van der Waals surface area contributed by atoms with Crippen LogP contribution in [0.5, 0.6) is 5.75 Å². The number of benzene rings is 1. The summed E-state index contributed by atoms with van der Waals surface area (Å²) in [5.74, 6) is 1.61. The molecule has 0 radical (unpaired) electrons. The summed E-state index contributed by atoms with van der Waals surface area (Å²) in [6.45, 7) is 3.56. The van der Waals surface area contributed by atoms with Gasteiger partial charge in [-0.25, -0.2) is 4.79 Å². The number of rotatable bonds is 4. The average molecular weight is 277 g/mol. The number of carbonyl (C=O) groups is 1. The van der Waals surface area contributed by atoms with E-state index in [0.717, 1.165) is 0 Å². The number of nitrogens with one attached hydrogen (secondary N) is 1. The third-order valence-electron chi connectivity index (χ3n) is 2.49. The minimum Gasteiger partial charge on any atom is -0.481 e. The van der Waals surface area contributed by atoms with Crippen molar-refractivity contribution in [2.24, 2.45) is 0 Å². The number of anilines is 1. The molecule has 106 valence electrons. The highest BCUT2D eigenvalue weighted by Crippen LogP contribution is 2.22. The molecule has 1 aromatic carbocycles. The molecule has 0 unspecified atom stereocenters. The maximum atomic E-state index is 11.0. The molecule has 7 heteroatoms. The van der Waals surface area contributed by atoms with Gasteiger partial charge in [0.2, 0.25) is 0 Å². The molecule has 20 heavy (non-hydrogen) atoms. The van der Waals surface area contributed by atoms with E-state index in [1.165, 1.54) is 7.11 Å². The fraction of sp³-hybridized carbons (Fsp3) is 0.308. The van der Waals surface area contributed by atoms with Crippen molar-refractivity contribution < 1.29 is 18.8 Å². The lowest BCUT2D eigenvalue weighted by Crippen LogP contribution is -2.10. The van der Waals surface area contributed by atoms with Gasteiger partial charge in [0.15, 0.2) is 11.9 Å². The minimum atomic E-state index is -0.520. The van der Waals surface area contributed by atoms with Crippen LogP contribution in [0.1, 0.15) is 24.7 Å². The molecule has 1 atom stereocenters. The molecule has 0 bridgehead atoms. The normalized spacial score (nSPS) is 11.8. The van der Waals surface area contributed by atoms with Crippen LogP contribution in [-0.2, 0) is 4.74 Å². The number of carbonyl (C=O) groups excluding carboxylic acids is 1. The summed E-state index contributed by atoms with van der Waals surface area (Å²) in [7, 11) is 1.31. The summed E-state index contributed by atoms with van der Waals surface area (Å²) >= 11 is 0. The Bertz CT molecular complexity index is 580. The summed E-state index contributed by atoms with van der Waals surface area (Å²) in [6, 6.07) is 6.87. The Morgan fingerprint density at radius 3 is 2.60 bits per heavy atom. The number of aryl methyl sites for hydroxylation is 1. The van der Waals surface area contributed by atoms with Crippen LogP contribution in [0.4, 0.5) is 10.5 Å². The number of amides is 1. The zero-order valence-corrected chi connectivity index (χ0v) is 11.4. The SMILES string of the molecule is COC(=O)Nc1ccc(O[C@H](C)c2nc(C)no2)cc1. The molecule has 0 spiro atoms. The molecule has 0 saturated carbocycles. The third-order valence-corrected chi connectivity index (χ3v) is 2.49. The monoisotopic (exact) mass is 277 g/mol. The average Bonchev–Trinajstić information content (AvgIpc) is 2.87. The van der Waals surface area contributed by atoms with Gasteiger partial charge in [-0.2, -0.15) is 4.98 Å². The van der Waals surface area contributed by atoms with Crippen LogP contribution in [0.25, 0.3) is 0 Å². The Labute approximate surface area is 115 Å². The number of nitrogens with zero attached hydrogens (tertiary/aromatic N) is 2. The van der Waals surface area contributed by atoms with Crippen molar-refractivity contribution in [1.29, 1.82) is 0 Å². The highest BCUT2D eigenvalue weighted by Gasteiger charge is 2.14. The van der Waals surface area contributed by atoms with E-state index in [1.807, 2.05) is 6.92 Å². The number of ether oxygens (including phenoxy) is 2. The van der Waals surface area contributed by atoms with Crippen LogP contribution in [0, 0.1) is 6.92 Å². The van der Waals surface area contributed by atoms with E-state index < -0.39 is 6.09 Å². The topological polar surface area (TPSA) is 86.5 Å². The number of hydrogen-bond acceptors (Lipinski definition) is 6. The van der Waals surface area contributed by atoms with E-state index in [2.05, 4.69) is 20.2 Å². The summed E-state index contributed by atoms with van der Waals surface area (Å²) in [6.07, 6.45) is -0.871. The predicted octanol–water partition coefficient (Wildman–Crippen LogP) is 2.70. The Morgan fingerprint density at radius 1 is 1.35 bits per heavy atom. The summed E-state index contributed by atoms with van der Waals surface area (Å²) in [5.41, 5.74) is 0.616. The van der Waals surface area contributed by atoms with Crippen molar-refractivity contribution in [2.45, 2.75) is 20.0 Å². The van der Waals surface area contributed by atoms with Crippen molar-refractivity contribution in [1.82, 2.24) is 10.1 Å². The molecule has 7 nitrogen and oxygen atoms in total. The van der Waals surface area contributed by atoms with Crippen molar-refractivity contribution in [3.05, 3.63) is 36.0 Å². The molecule has 1 heterocycles. The predicted molar refractivity (Wildman–Crippen MR) is 70.5 cm³/mol. The van der Waals surface area contributed by atoms with E-state index in [-0.39, 0.29) is 6.10 Å². The molecule has 0 aliphatic heterocycles. The second-order valence-electron chi connectivity index (χ2n) is 4.08. The Kier molecular flexibility index (Phi) is 4.19. The first-order valence-electron chi connectivity index (χ1n) is 6.00. The number of methoxy groups -OCH3 is 1. The van der Waals surface area contributed by atoms with Gasteiger partial charge in [-0.1, -0.05) is 5.16 Å². The lowest BCUT2D eigenvalue weighted by Gasteiger charge is -2.11. The Balaban J connectivity index is 1.98. The highest BCUT2D eigenvalue weighted by molar-refractivity contribution is 5.84. The van der Waals surface area contributed by atoms with Gasteiger partial charge in [0.25, 0.3) is 5.89 Å². The van der Waals surface area contributed by atoms with E-state index in [4.69, 9.17) is 9.26 Å². The molecule has 0 aliphatic carbocycles. The smallest absolute Gasteiger partial charge is 0.411 e. The van der Waals surface area contributed by atoms with E-state index >= 15 is 0 Å². The molecular weight excluding hydrogens is 262 g/mol. The van der Waals surface area contributed by atoms with Gasteiger partial charge in [0.1, 0.15) is 5.75 Å². The van der Waals surface area contributed by atoms with Gasteiger partial charge < -0.3 is 14.0 Å². The molecule has 1 aromatic heterocycles. The van der Waals surface area contributed by atoms with Crippen molar-refractivity contribution >= 4 is 11.8 Å². The minimum absolute atomic E-state index is 0.351. The van der Waals surface area contributed by atoms with Crippen LogP contribution < -0.4 is 10.1 Å². The van der Waals surface area contributed by atoms with Gasteiger partial charge in [-0.05, 0) is 38.1 Å². The molecule has 2 aromatic rings. The molecule has 1 amide bonds. The fourth-order valence-electron chi connectivity index (χ4n) is 1.52. The van der Waals surface area contributed by atoms with Crippen LogP contribution >= 0.6 is 0 Å². The maximum absolute atomic E-state index is 11.0. The molecule has 2 rings (SSSR count). The van der Waals surface area contributed by atoms with Crippen molar-refractivity contribution in [3.8, 4) is 5.75 Å². The van der Waals surface area contributed by atoms with Gasteiger partial charge >= 0.3 is 6.09 Å². The summed E-state index contributed by atoms with van der Waals surface area (Å²) < 4.78 is 15.2. The number of hydrogen-bond donors (Lipinski definition) is 1. The zero-order valence-electron chi connectivity index (χ0n) is 11.4. The maximum Gasteiger partial charge on any atom is 0.411 e. The van der Waals surface area contributed by atoms with Crippen LogP contribution in [0.2, 0.25) is 0 Å². The van der Waals surface area contributed by atoms with E-state index in [1.54, 1.807) is 31.2 Å². The van der Waals surface area contributed by atoms with Crippen molar-refractivity contribution in [2.75, 3.05) is 12.4 Å². The van der Waals surface area contributed by atoms with Crippen LogP contribution in [0.3, 0.4) is 0 Å². The summed E-state index contributed by atoms with van der Waals surface area (Å²) in [5, 5.41) is 6.26. The number of aromatic nitrogens is 2. The standard InChI is InChI=1S/C13H15N3O4/c1-8(12-14-9(2)16-20-12)19-11-6-4-10(5-7-11)15-13(17)18-3/h4-8H,1-3H3,(H,15,17)/t8-/m1/s1. The third kappa shape index (κ3) is 3.47. The zero-order chi connectivity index (χ0) is 14.5. The lowest BCUT2D eigenvalue weighted by molar-refractivity contribution is 0.175. The highest BCUT2D eigenvalue weighted by atomic mass is 16.5. The first kappa shape index (κ1) is 13.9. The second-order valence-corrected chi connectivity index (χ2v) is 4.08. The van der Waals surface area contributed by atoms with Gasteiger partial charge in [0.05, 0.1) is 7.11 Å². The molecule has 0 fully saturated rings. The van der Waals surface area contributed by atoms with Crippen LogP contribution in [-0.4, -0.2) is 23.3 Å². The van der Waals surface area contributed by atoms with Crippen LogP contribution in [0.15, 0.2) is 28.8 Å². The van der Waals surface area contributed by atoms with Gasteiger partial charge in [-0.3, -0.25) is 5.32 Å². The lowest BCUT2D eigenvalue weighted by atomic mass is 10.3. The van der Waals surface area contributed by atoms with Crippen molar-refractivity contribution in [3.63, 3.8) is 0 Å². The Hall–Kier alpha value is -2.57. The van der Waals surface area contributed by atoms with Gasteiger partial charge in [0, 0.05) is 5.69 Å². The van der Waals surface area contributed by atoms with Gasteiger partial charge in [-0.15, -0.1) is 0 Å². The van der Waals surface area contributed by atoms with E-state index in [9.17, 15) is 4.79 Å². The quantitative estimate of drug-likeness (QED) is 0.924. The first-order chi connectivity index (χ1) is 9.58. The largest absolute Gasteiger partial charge is 0.481 e. The van der Waals surface area contributed by atoms with E-state index in [0.29, 0.717) is 23.2 Å². The first-order valence-corrected chi connectivity index (χ1v) is 6.00. The molecular formula is C13H15N3O4. The molecule has 1 N–H and O–H groups in total. The summed E-state index contributed by atoms with van der Waals surface area (Å²) in [4.78, 5) is 15.1.